The lowest BCUT2D eigenvalue weighted by atomic mass is 9.93. The molecule has 1 aromatic heterocycles. The summed E-state index contributed by atoms with van der Waals surface area (Å²) in [6.07, 6.45) is 8.91. The van der Waals surface area contributed by atoms with Gasteiger partial charge in [0.15, 0.2) is 0 Å². The number of hydrogen-bond acceptors (Lipinski definition) is 6. The molecule has 184 valence electrons. The molecule has 2 aliphatic heterocycles. The quantitative estimate of drug-likeness (QED) is 0.450. The largest absolute Gasteiger partial charge is 0.384 e. The van der Waals surface area contributed by atoms with E-state index in [2.05, 4.69) is 31.2 Å². The Bertz CT molecular complexity index is 1290. The van der Waals surface area contributed by atoms with Gasteiger partial charge in [0.2, 0.25) is 10.0 Å². The number of nitrogens with one attached hydrogen (secondary N) is 1. The van der Waals surface area contributed by atoms with Crippen molar-refractivity contribution in [3.8, 4) is 0 Å². The van der Waals surface area contributed by atoms with E-state index in [1.807, 2.05) is 31.3 Å². The fourth-order valence-corrected chi connectivity index (χ4v) is 6.44. The van der Waals surface area contributed by atoms with Gasteiger partial charge in [-0.1, -0.05) is 29.8 Å². The van der Waals surface area contributed by atoms with Crippen LogP contribution in [0.2, 0.25) is 5.02 Å². The molecule has 0 bridgehead atoms. The third kappa shape index (κ3) is 6.46. The smallest absolute Gasteiger partial charge is 0.244 e. The topological polar surface area (TPSA) is 87.0 Å². The minimum atomic E-state index is -3.71. The van der Waals surface area contributed by atoms with E-state index in [9.17, 15) is 8.42 Å². The van der Waals surface area contributed by atoms with Crippen molar-refractivity contribution in [2.75, 3.05) is 19.6 Å². The average molecular weight is 577 g/mol. The van der Waals surface area contributed by atoms with Gasteiger partial charge in [0.1, 0.15) is 4.90 Å². The number of nitrogens with zero attached hydrogens (tertiary/aromatic N) is 4. The Morgan fingerprint density at radius 1 is 1.31 bits per heavy atom. The van der Waals surface area contributed by atoms with Gasteiger partial charge in [-0.25, -0.2) is 8.42 Å². The summed E-state index contributed by atoms with van der Waals surface area (Å²) in [5, 5.41) is 3.64. The summed E-state index contributed by atoms with van der Waals surface area (Å²) in [6, 6.07) is 10.5. The Hall–Kier alpha value is -2.33. The van der Waals surface area contributed by atoms with Crippen molar-refractivity contribution in [1.29, 1.82) is 0 Å². The zero-order valence-electron chi connectivity index (χ0n) is 19.4. The molecule has 2 aromatic rings. The minimum Gasteiger partial charge on any atom is -0.384 e. The third-order valence-corrected chi connectivity index (χ3v) is 8.93. The van der Waals surface area contributed by atoms with Crippen LogP contribution in [-0.4, -0.2) is 49.3 Å². The third-order valence-electron chi connectivity index (χ3n) is 5.90. The van der Waals surface area contributed by atoms with Crippen molar-refractivity contribution >= 4 is 49.5 Å². The molecule has 1 atom stereocenters. The molecule has 1 fully saturated rings. The fraction of sp³-hybridized carbons (Fsp3) is 0.320. The highest BCUT2D eigenvalue weighted by molar-refractivity contribution is 9.12. The van der Waals surface area contributed by atoms with Gasteiger partial charge < -0.3 is 5.32 Å². The fourth-order valence-electron chi connectivity index (χ4n) is 4.06. The van der Waals surface area contributed by atoms with Crippen LogP contribution >= 0.6 is 27.5 Å². The zero-order valence-corrected chi connectivity index (χ0v) is 22.5. The molecular weight excluding hydrogens is 550 g/mol. The van der Waals surface area contributed by atoms with Crippen molar-refractivity contribution in [2.45, 2.75) is 31.2 Å². The summed E-state index contributed by atoms with van der Waals surface area (Å²) < 4.78 is 29.1. The summed E-state index contributed by atoms with van der Waals surface area (Å²) in [5.41, 5.74) is 3.68. The van der Waals surface area contributed by atoms with Crippen LogP contribution in [0.1, 0.15) is 25.3 Å². The van der Waals surface area contributed by atoms with Crippen molar-refractivity contribution in [2.24, 2.45) is 15.9 Å². The van der Waals surface area contributed by atoms with Crippen LogP contribution in [-0.2, 0) is 16.6 Å². The number of pyridine rings is 1. The average Bonchev–Trinajstić information content (AvgIpc) is 3.27. The molecule has 10 heteroatoms. The Morgan fingerprint density at radius 3 is 2.86 bits per heavy atom. The molecule has 7 nitrogen and oxygen atoms in total. The predicted molar refractivity (Wildman–Crippen MR) is 145 cm³/mol. The first-order valence-corrected chi connectivity index (χ1v) is 14.0. The van der Waals surface area contributed by atoms with E-state index < -0.39 is 10.0 Å². The minimum absolute atomic E-state index is 0.0652. The van der Waals surface area contributed by atoms with Crippen molar-refractivity contribution < 1.29 is 8.42 Å². The number of aliphatic imine (C=N–C) groups is 2. The maximum atomic E-state index is 13.4. The highest BCUT2D eigenvalue weighted by Gasteiger charge is 2.33. The van der Waals surface area contributed by atoms with Crippen molar-refractivity contribution in [3.63, 3.8) is 0 Å². The van der Waals surface area contributed by atoms with E-state index in [4.69, 9.17) is 16.6 Å². The van der Waals surface area contributed by atoms with Crippen molar-refractivity contribution in [1.82, 2.24) is 14.6 Å². The second kappa shape index (κ2) is 11.6. The maximum absolute atomic E-state index is 13.4. The van der Waals surface area contributed by atoms with E-state index in [0.29, 0.717) is 26.2 Å². The normalized spacial score (nSPS) is 19.9. The molecule has 0 aliphatic carbocycles. The van der Waals surface area contributed by atoms with Gasteiger partial charge in [-0.05, 0) is 65.5 Å². The Labute approximate surface area is 219 Å². The number of piperidine rings is 1. The van der Waals surface area contributed by atoms with E-state index in [-0.39, 0.29) is 15.8 Å². The van der Waals surface area contributed by atoms with Gasteiger partial charge >= 0.3 is 0 Å². The molecule has 3 heterocycles. The summed E-state index contributed by atoms with van der Waals surface area (Å²) >= 11 is 9.76. The standard InChI is InChI=1S/C25H27BrClN5O2S/c1-18(30-14-19-6-4-10-28-13-19)12-23(31-24-16-29-15-21(24)26)20-7-5-11-32(17-20)35(33,34)25-9-3-2-8-22(25)27/h2-4,6,8-10,12-13,15,20,30H,5,7,11,14,16-17H2,1H3/b18-12+,31-23+. The molecule has 0 amide bonds. The number of hydrogen-bond donors (Lipinski definition) is 1. The molecule has 4 rings (SSSR count). The SMILES string of the molecule is C/C(=C\C(=N/C1=C(Br)C=NC1)C1CCCN(S(=O)(=O)c2ccccc2Cl)C1)NCc1cccnc1. The zero-order chi connectivity index (χ0) is 24.8. The van der Waals surface area contributed by atoms with Gasteiger partial charge in [0, 0.05) is 55.6 Å². The van der Waals surface area contributed by atoms with E-state index in [1.54, 1.807) is 36.7 Å². The first-order chi connectivity index (χ1) is 16.8. The summed E-state index contributed by atoms with van der Waals surface area (Å²) in [4.78, 5) is 13.5. The molecule has 35 heavy (non-hydrogen) atoms. The molecule has 0 spiro atoms. The predicted octanol–water partition coefficient (Wildman–Crippen LogP) is 4.96. The lowest BCUT2D eigenvalue weighted by molar-refractivity contribution is 0.312. The summed E-state index contributed by atoms with van der Waals surface area (Å²) in [6.45, 7) is 3.91. The van der Waals surface area contributed by atoms with Gasteiger partial charge in [0.25, 0.3) is 0 Å². The first-order valence-electron chi connectivity index (χ1n) is 11.4. The Kier molecular flexibility index (Phi) is 8.54. The van der Waals surface area contributed by atoms with E-state index in [0.717, 1.165) is 40.0 Å². The Morgan fingerprint density at radius 2 is 2.14 bits per heavy atom. The number of sulfonamides is 1. The second-order valence-electron chi connectivity index (χ2n) is 8.48. The summed E-state index contributed by atoms with van der Waals surface area (Å²) in [7, 11) is -3.71. The monoisotopic (exact) mass is 575 g/mol. The molecule has 1 aromatic carbocycles. The van der Waals surface area contributed by atoms with Crippen LogP contribution in [0.15, 0.2) is 85.6 Å². The number of aromatic nitrogens is 1. The molecule has 0 saturated carbocycles. The van der Waals surface area contributed by atoms with Crippen LogP contribution < -0.4 is 5.32 Å². The van der Waals surface area contributed by atoms with Crippen LogP contribution in [0, 0.1) is 5.92 Å². The summed E-state index contributed by atoms with van der Waals surface area (Å²) in [5.74, 6) is -0.0652. The van der Waals surface area contributed by atoms with Crippen LogP contribution in [0.25, 0.3) is 0 Å². The molecular formula is C25H27BrClN5O2S. The number of allylic oxidation sites excluding steroid dienone is 3. The van der Waals surface area contributed by atoms with Gasteiger partial charge in [-0.15, -0.1) is 0 Å². The number of rotatable bonds is 8. The molecule has 1 unspecified atom stereocenters. The lowest BCUT2D eigenvalue weighted by Gasteiger charge is -2.32. The van der Waals surface area contributed by atoms with Gasteiger partial charge in [-0.3, -0.25) is 15.0 Å². The second-order valence-corrected chi connectivity index (χ2v) is 11.6. The molecule has 1 saturated heterocycles. The van der Waals surface area contributed by atoms with Crippen molar-refractivity contribution in [3.05, 3.63) is 81.3 Å². The van der Waals surface area contributed by atoms with E-state index >= 15 is 0 Å². The maximum Gasteiger partial charge on any atom is 0.244 e. The van der Waals surface area contributed by atoms with Gasteiger partial charge in [-0.2, -0.15) is 4.31 Å². The molecule has 1 N–H and O–H groups in total. The van der Waals surface area contributed by atoms with Crippen LogP contribution in [0.4, 0.5) is 0 Å². The van der Waals surface area contributed by atoms with Crippen LogP contribution in [0.5, 0.6) is 0 Å². The molecule has 0 radical (unpaired) electrons. The van der Waals surface area contributed by atoms with E-state index in [1.165, 1.54) is 4.31 Å². The highest BCUT2D eigenvalue weighted by Crippen LogP contribution is 2.30. The lowest BCUT2D eigenvalue weighted by Crippen LogP contribution is -2.42. The number of benzene rings is 1. The van der Waals surface area contributed by atoms with Crippen LogP contribution in [0.3, 0.4) is 0 Å². The molecule has 2 aliphatic rings. The highest BCUT2D eigenvalue weighted by atomic mass is 79.9. The van der Waals surface area contributed by atoms with Gasteiger partial charge in [0.05, 0.1) is 21.7 Å². The Balaban J connectivity index is 1.59. The first kappa shape index (κ1) is 25.8. The number of halogens is 2.